The minimum absolute atomic E-state index is 0.615. The number of benzene rings is 1. The zero-order valence-electron chi connectivity index (χ0n) is 16.1. The summed E-state index contributed by atoms with van der Waals surface area (Å²) in [6, 6.07) is 8.21. The molecule has 0 aromatic heterocycles. The Morgan fingerprint density at radius 2 is 1.56 bits per heavy atom. The summed E-state index contributed by atoms with van der Waals surface area (Å²) < 4.78 is 0. The summed E-state index contributed by atoms with van der Waals surface area (Å²) in [6.45, 7) is 2.26. The highest BCUT2D eigenvalue weighted by molar-refractivity contribution is 5.82. The highest BCUT2D eigenvalue weighted by Gasteiger charge is 2.42. The summed E-state index contributed by atoms with van der Waals surface area (Å²) in [5, 5.41) is 9.98. The molecule has 0 heterocycles. The number of carboxylic acid groups (broad SMARTS) is 1. The van der Waals surface area contributed by atoms with E-state index in [1.807, 2.05) is 12.1 Å². The van der Waals surface area contributed by atoms with E-state index < -0.39 is 11.4 Å². The van der Waals surface area contributed by atoms with Gasteiger partial charge in [0, 0.05) is 0 Å². The molecule has 1 atom stereocenters. The first kappa shape index (κ1) is 20.0. The van der Waals surface area contributed by atoms with Crippen molar-refractivity contribution in [3.05, 3.63) is 35.4 Å². The molecule has 0 amide bonds. The second kappa shape index (κ2) is 10.6. The molecule has 0 aliphatic heterocycles. The van der Waals surface area contributed by atoms with Crippen LogP contribution in [-0.4, -0.2) is 11.1 Å². The number of hydrogen-bond acceptors (Lipinski definition) is 1. The lowest BCUT2D eigenvalue weighted by Gasteiger charge is -2.35. The van der Waals surface area contributed by atoms with Crippen molar-refractivity contribution in [3.63, 3.8) is 0 Å². The van der Waals surface area contributed by atoms with E-state index >= 15 is 0 Å². The molecule has 1 aliphatic rings. The number of carboxylic acids is 1. The van der Waals surface area contributed by atoms with Crippen molar-refractivity contribution in [1.82, 2.24) is 0 Å². The van der Waals surface area contributed by atoms with Crippen molar-refractivity contribution in [2.45, 2.75) is 102 Å². The number of fused-ring (bicyclic) bond motifs is 1. The lowest BCUT2D eigenvalue weighted by molar-refractivity contribution is -0.145. The van der Waals surface area contributed by atoms with Gasteiger partial charge in [0.2, 0.25) is 0 Å². The third-order valence-corrected chi connectivity index (χ3v) is 5.95. The van der Waals surface area contributed by atoms with Gasteiger partial charge in [0.25, 0.3) is 0 Å². The van der Waals surface area contributed by atoms with Crippen molar-refractivity contribution >= 4 is 5.97 Å². The molecule has 0 saturated heterocycles. The van der Waals surface area contributed by atoms with Gasteiger partial charge in [-0.15, -0.1) is 0 Å². The Labute approximate surface area is 154 Å². The number of aliphatic carboxylic acids is 1. The number of hydrogen-bond donors (Lipinski definition) is 1. The van der Waals surface area contributed by atoms with Gasteiger partial charge >= 0.3 is 5.97 Å². The molecule has 25 heavy (non-hydrogen) atoms. The molecular formula is C23H36O2. The molecular weight excluding hydrogens is 308 g/mol. The maximum absolute atomic E-state index is 12.1. The summed E-state index contributed by atoms with van der Waals surface area (Å²) in [4.78, 5) is 12.1. The van der Waals surface area contributed by atoms with Crippen molar-refractivity contribution in [1.29, 1.82) is 0 Å². The normalized spacial score (nSPS) is 19.6. The monoisotopic (exact) mass is 344 g/mol. The summed E-state index contributed by atoms with van der Waals surface area (Å²) >= 11 is 0. The highest BCUT2D eigenvalue weighted by Crippen LogP contribution is 2.41. The molecule has 2 rings (SSSR count). The zero-order valence-corrected chi connectivity index (χ0v) is 16.1. The van der Waals surface area contributed by atoms with Crippen LogP contribution in [0.3, 0.4) is 0 Å². The van der Waals surface area contributed by atoms with Crippen LogP contribution >= 0.6 is 0 Å². The van der Waals surface area contributed by atoms with Gasteiger partial charge in [-0.3, -0.25) is 4.79 Å². The molecule has 1 aromatic rings. The molecule has 1 aromatic carbocycles. The lowest BCUT2D eigenvalue weighted by Crippen LogP contribution is -2.39. The molecule has 1 aliphatic carbocycles. The fourth-order valence-corrected chi connectivity index (χ4v) is 4.42. The Hall–Kier alpha value is -1.31. The Morgan fingerprint density at radius 1 is 0.960 bits per heavy atom. The summed E-state index contributed by atoms with van der Waals surface area (Å²) in [5.74, 6) is -0.615. The molecule has 1 N–H and O–H groups in total. The number of carbonyl (C=O) groups is 1. The van der Waals surface area contributed by atoms with Gasteiger partial charge in [-0.2, -0.15) is 0 Å². The predicted molar refractivity (Wildman–Crippen MR) is 105 cm³/mol. The fraction of sp³-hybridized carbons (Fsp3) is 0.696. The summed E-state index contributed by atoms with van der Waals surface area (Å²) in [7, 11) is 0. The first-order valence-electron chi connectivity index (χ1n) is 10.5. The van der Waals surface area contributed by atoms with Crippen LogP contribution in [0.15, 0.2) is 24.3 Å². The van der Waals surface area contributed by atoms with E-state index in [1.165, 1.54) is 63.4 Å². The van der Waals surface area contributed by atoms with Crippen LogP contribution in [0.2, 0.25) is 0 Å². The molecule has 0 spiro atoms. The minimum Gasteiger partial charge on any atom is -0.481 e. The van der Waals surface area contributed by atoms with Crippen molar-refractivity contribution in [2.24, 2.45) is 0 Å². The lowest BCUT2D eigenvalue weighted by atomic mass is 9.67. The SMILES string of the molecule is CCCCCCCCCCCCC1(C(=O)O)CCCc2ccccc21. The van der Waals surface area contributed by atoms with E-state index in [0.29, 0.717) is 0 Å². The molecule has 0 bridgehead atoms. The topological polar surface area (TPSA) is 37.3 Å². The maximum Gasteiger partial charge on any atom is 0.314 e. The third kappa shape index (κ3) is 5.59. The van der Waals surface area contributed by atoms with Crippen LogP contribution < -0.4 is 0 Å². The fourth-order valence-electron chi connectivity index (χ4n) is 4.42. The average molecular weight is 345 g/mol. The van der Waals surface area contributed by atoms with Gasteiger partial charge in [-0.25, -0.2) is 0 Å². The van der Waals surface area contributed by atoms with Crippen LogP contribution in [0, 0.1) is 0 Å². The molecule has 140 valence electrons. The van der Waals surface area contributed by atoms with Gasteiger partial charge in [0.15, 0.2) is 0 Å². The first-order valence-corrected chi connectivity index (χ1v) is 10.5. The van der Waals surface area contributed by atoms with E-state index in [1.54, 1.807) is 0 Å². The summed E-state index contributed by atoms with van der Waals surface area (Å²) in [5.41, 5.74) is 1.71. The molecule has 2 nitrogen and oxygen atoms in total. The van der Waals surface area contributed by atoms with E-state index in [4.69, 9.17) is 0 Å². The van der Waals surface area contributed by atoms with Gasteiger partial charge in [0.05, 0.1) is 5.41 Å². The highest BCUT2D eigenvalue weighted by atomic mass is 16.4. The largest absolute Gasteiger partial charge is 0.481 e. The zero-order chi connectivity index (χ0) is 18.0. The number of unbranched alkanes of at least 4 members (excludes halogenated alkanes) is 9. The number of aryl methyl sites for hydroxylation is 1. The van der Waals surface area contributed by atoms with E-state index in [2.05, 4.69) is 19.1 Å². The molecule has 1 unspecified atom stereocenters. The smallest absolute Gasteiger partial charge is 0.314 e. The van der Waals surface area contributed by atoms with Crippen LogP contribution in [-0.2, 0) is 16.6 Å². The van der Waals surface area contributed by atoms with E-state index in [9.17, 15) is 9.90 Å². The molecule has 0 fully saturated rings. The van der Waals surface area contributed by atoms with Gasteiger partial charge in [0.1, 0.15) is 0 Å². The second-order valence-electron chi connectivity index (χ2n) is 7.83. The van der Waals surface area contributed by atoms with Crippen LogP contribution in [0.5, 0.6) is 0 Å². The van der Waals surface area contributed by atoms with Crippen molar-refractivity contribution in [2.75, 3.05) is 0 Å². The maximum atomic E-state index is 12.1. The van der Waals surface area contributed by atoms with Crippen molar-refractivity contribution < 1.29 is 9.90 Å². The van der Waals surface area contributed by atoms with E-state index in [0.717, 1.165) is 37.7 Å². The Kier molecular flexibility index (Phi) is 8.51. The average Bonchev–Trinajstić information content (AvgIpc) is 2.63. The first-order chi connectivity index (χ1) is 12.2. The van der Waals surface area contributed by atoms with Crippen LogP contribution in [0.4, 0.5) is 0 Å². The van der Waals surface area contributed by atoms with Crippen LogP contribution in [0.25, 0.3) is 0 Å². The minimum atomic E-state index is -0.630. The van der Waals surface area contributed by atoms with Gasteiger partial charge < -0.3 is 5.11 Å². The Morgan fingerprint density at radius 3 is 2.20 bits per heavy atom. The molecule has 2 heteroatoms. The summed E-state index contributed by atoms with van der Waals surface area (Å²) in [6.07, 6.45) is 16.6. The Balaban J connectivity index is 1.74. The van der Waals surface area contributed by atoms with Crippen molar-refractivity contribution in [3.8, 4) is 0 Å². The van der Waals surface area contributed by atoms with Gasteiger partial charge in [-0.1, -0.05) is 95.4 Å². The number of rotatable bonds is 12. The van der Waals surface area contributed by atoms with E-state index in [-0.39, 0.29) is 0 Å². The standard InChI is InChI=1S/C23H36O2/c1-2-3-4-5-6-7-8-9-10-13-18-23(22(24)25)19-14-16-20-15-11-12-17-21(20)23/h11-12,15,17H,2-10,13-14,16,18-19H2,1H3,(H,24,25). The van der Waals surface area contributed by atoms with Gasteiger partial charge in [-0.05, 0) is 36.8 Å². The van der Waals surface area contributed by atoms with Crippen LogP contribution in [0.1, 0.15) is 102 Å². The molecule has 0 saturated carbocycles. The predicted octanol–water partition coefficient (Wildman–Crippen LogP) is 6.66. The molecule has 0 radical (unpaired) electrons. The quantitative estimate of drug-likeness (QED) is 0.431. The Bertz CT molecular complexity index is 523. The second-order valence-corrected chi connectivity index (χ2v) is 7.83. The third-order valence-electron chi connectivity index (χ3n) is 5.95.